The molecule has 1 N–H and O–H groups in total. The number of nitrogens with zero attached hydrogens (tertiary/aromatic N) is 3. The molecule has 0 bridgehead atoms. The topological polar surface area (TPSA) is 84.3 Å². The number of aryl methyl sites for hydroxylation is 2. The highest BCUT2D eigenvalue weighted by molar-refractivity contribution is 7.89. The Morgan fingerprint density at radius 1 is 0.913 bits per heavy atom. The lowest BCUT2D eigenvalue weighted by molar-refractivity contribution is -0.138. The van der Waals surface area contributed by atoms with Crippen molar-refractivity contribution in [1.29, 1.82) is 0 Å². The van der Waals surface area contributed by atoms with E-state index in [-0.39, 0.29) is 39.3 Å². The van der Waals surface area contributed by atoms with Gasteiger partial charge < -0.3 is 9.88 Å². The second kappa shape index (κ2) is 13.8. The Hall–Kier alpha value is -4.03. The zero-order valence-corrected chi connectivity index (χ0v) is 27.3. The third-order valence-corrected chi connectivity index (χ3v) is 9.33. The molecule has 0 aliphatic carbocycles. The third-order valence-electron chi connectivity index (χ3n) is 7.42. The molecule has 0 aliphatic rings. The molecule has 1 amide bonds. The first-order valence-electron chi connectivity index (χ1n) is 15.0. The number of hydrogen-bond donors (Lipinski definition) is 1. The van der Waals surface area contributed by atoms with Crippen LogP contribution in [0.5, 0.6) is 0 Å². The maximum atomic E-state index is 15.6. The molecule has 246 valence electrons. The zero-order valence-electron chi connectivity index (χ0n) is 26.5. The van der Waals surface area contributed by atoms with Gasteiger partial charge in [0.1, 0.15) is 11.5 Å². The monoisotopic (exact) mass is 658 g/mol. The normalized spacial score (nSPS) is 12.5. The number of halogens is 4. The Labute approximate surface area is 267 Å². The maximum Gasteiger partial charge on any atom is 0.416 e. The molecule has 0 atom stereocenters. The largest absolute Gasteiger partial charge is 0.416 e. The summed E-state index contributed by atoms with van der Waals surface area (Å²) < 4.78 is 85.4. The number of carbonyl (C=O) groups excluding carboxylic acids is 1. The van der Waals surface area contributed by atoms with Crippen molar-refractivity contribution in [3.8, 4) is 11.1 Å². The van der Waals surface area contributed by atoms with E-state index >= 15 is 4.48 Å². The van der Waals surface area contributed by atoms with E-state index < -0.39 is 33.2 Å². The van der Waals surface area contributed by atoms with Crippen molar-refractivity contribution in [1.82, 2.24) is 19.4 Å². The first-order valence-corrected chi connectivity index (χ1v) is 16.4. The van der Waals surface area contributed by atoms with E-state index in [1.165, 1.54) is 45.0 Å². The molecule has 0 fully saturated rings. The first kappa shape index (κ1) is 34.8. The third kappa shape index (κ3) is 7.50. The van der Waals surface area contributed by atoms with E-state index in [1.54, 1.807) is 35.8 Å². The molecule has 12 heteroatoms. The summed E-state index contributed by atoms with van der Waals surface area (Å²) in [6.07, 6.45) is -3.16. The summed E-state index contributed by atoms with van der Waals surface area (Å²) in [4.78, 5) is 18.1. The minimum absolute atomic E-state index is 0.101. The van der Waals surface area contributed by atoms with Gasteiger partial charge in [0.25, 0.3) is 15.9 Å². The maximum absolute atomic E-state index is 15.6. The number of carbonyl (C=O) groups is 1. The van der Waals surface area contributed by atoms with Crippen molar-refractivity contribution < 1.29 is 30.9 Å². The second-order valence-corrected chi connectivity index (χ2v) is 13.6. The van der Waals surface area contributed by atoms with E-state index in [0.717, 1.165) is 11.6 Å². The highest BCUT2D eigenvalue weighted by Crippen LogP contribution is 2.33. The van der Waals surface area contributed by atoms with Crippen molar-refractivity contribution in [2.75, 3.05) is 0 Å². The van der Waals surface area contributed by atoms with Gasteiger partial charge in [-0.25, -0.2) is 13.4 Å². The van der Waals surface area contributed by atoms with Crippen molar-refractivity contribution >= 4 is 15.9 Å². The lowest BCUT2D eigenvalue weighted by Crippen LogP contribution is -2.39. The van der Waals surface area contributed by atoms with Gasteiger partial charge in [0.2, 0.25) is 0 Å². The summed E-state index contributed by atoms with van der Waals surface area (Å²) in [5.41, 5.74) is -0.301. The SMILES string of the molecule is CCCc1nc(CC)c(C(=O)NCc2ccccc2C(F)(F)F)n1Cc1ccc(-c2ccccc2)cc1S(=O)(=O)N(F)C(C)(C)C. The summed E-state index contributed by atoms with van der Waals surface area (Å²) in [5, 5.41) is 2.61. The molecule has 7 nitrogen and oxygen atoms in total. The van der Waals surface area contributed by atoms with Gasteiger partial charge in [-0.2, -0.15) is 13.2 Å². The molecule has 1 aromatic heterocycles. The zero-order chi connectivity index (χ0) is 33.9. The highest BCUT2D eigenvalue weighted by Gasteiger charge is 2.37. The summed E-state index contributed by atoms with van der Waals surface area (Å²) in [6, 6.07) is 18.8. The van der Waals surface area contributed by atoms with Crippen molar-refractivity contribution in [2.45, 2.75) is 83.6 Å². The Kier molecular flexibility index (Phi) is 10.4. The van der Waals surface area contributed by atoms with Crippen LogP contribution in [0, 0.1) is 0 Å². The Bertz CT molecular complexity index is 1800. The molecule has 0 saturated heterocycles. The van der Waals surface area contributed by atoms with Crippen LogP contribution >= 0.6 is 0 Å². The van der Waals surface area contributed by atoms with Crippen molar-refractivity contribution in [3.63, 3.8) is 0 Å². The summed E-state index contributed by atoms with van der Waals surface area (Å²) in [5.74, 6) is -0.153. The van der Waals surface area contributed by atoms with Crippen LogP contribution in [0.4, 0.5) is 17.7 Å². The number of amides is 1. The number of alkyl halides is 3. The predicted octanol–water partition coefficient (Wildman–Crippen LogP) is 7.74. The fraction of sp³-hybridized carbons (Fsp3) is 0.353. The number of nitrogens with one attached hydrogen (secondary N) is 1. The minimum Gasteiger partial charge on any atom is -0.347 e. The van der Waals surface area contributed by atoms with Gasteiger partial charge in [-0.3, -0.25) is 4.79 Å². The Balaban J connectivity index is 1.83. The average molecular weight is 659 g/mol. The summed E-state index contributed by atoms with van der Waals surface area (Å²) >= 11 is 0. The number of benzene rings is 3. The van der Waals surface area contributed by atoms with Crippen molar-refractivity contribution in [2.24, 2.45) is 0 Å². The van der Waals surface area contributed by atoms with Gasteiger partial charge >= 0.3 is 6.18 Å². The van der Waals surface area contributed by atoms with Crippen LogP contribution in [-0.4, -0.2) is 33.9 Å². The smallest absolute Gasteiger partial charge is 0.347 e. The molecule has 0 unspecified atom stereocenters. The molecule has 46 heavy (non-hydrogen) atoms. The van der Waals surface area contributed by atoms with Gasteiger partial charge in [0.15, 0.2) is 0 Å². The van der Waals surface area contributed by atoms with Crippen LogP contribution in [0.15, 0.2) is 77.7 Å². The molecule has 1 heterocycles. The molecule has 4 aromatic rings. The number of hydrogen-bond acceptors (Lipinski definition) is 4. The Morgan fingerprint density at radius 2 is 1.57 bits per heavy atom. The van der Waals surface area contributed by atoms with Gasteiger partial charge in [-0.05, 0) is 72.5 Å². The van der Waals surface area contributed by atoms with Crippen LogP contribution < -0.4 is 5.32 Å². The van der Waals surface area contributed by atoms with E-state index in [2.05, 4.69) is 10.3 Å². The van der Waals surface area contributed by atoms with Crippen LogP contribution in [0.25, 0.3) is 11.1 Å². The lowest BCUT2D eigenvalue weighted by atomic mass is 10.0. The first-order chi connectivity index (χ1) is 21.6. The summed E-state index contributed by atoms with van der Waals surface area (Å²) in [7, 11) is -4.67. The molecule has 0 radical (unpaired) electrons. The molecular formula is C34H38F4N4O3S. The van der Waals surface area contributed by atoms with Crippen molar-refractivity contribution in [3.05, 3.63) is 107 Å². The number of rotatable bonds is 11. The van der Waals surface area contributed by atoms with Crippen LogP contribution in [0.2, 0.25) is 0 Å². The fourth-order valence-corrected chi connectivity index (χ4v) is 6.84. The van der Waals surface area contributed by atoms with Gasteiger partial charge in [0, 0.05) is 13.0 Å². The number of aromatic nitrogens is 2. The van der Waals surface area contributed by atoms with E-state index in [0.29, 0.717) is 36.3 Å². The van der Waals surface area contributed by atoms with Gasteiger partial charge in [-0.1, -0.05) is 74.5 Å². The van der Waals surface area contributed by atoms with Crippen LogP contribution in [-0.2, 0) is 42.1 Å². The second-order valence-electron chi connectivity index (χ2n) is 11.9. The quantitative estimate of drug-likeness (QED) is 0.132. The molecule has 0 spiro atoms. The molecule has 3 aromatic carbocycles. The van der Waals surface area contributed by atoms with Crippen LogP contribution in [0.1, 0.15) is 79.7 Å². The highest BCUT2D eigenvalue weighted by atomic mass is 32.2. The molecule has 4 rings (SSSR count). The van der Waals surface area contributed by atoms with E-state index in [4.69, 9.17) is 0 Å². The number of imidazole rings is 1. The minimum atomic E-state index is -4.67. The van der Waals surface area contributed by atoms with Gasteiger partial charge in [-0.15, -0.1) is 4.48 Å². The summed E-state index contributed by atoms with van der Waals surface area (Å²) in [6.45, 7) is 7.50. The standard InChI is InChI=1S/C34H38F4N4O3S/c1-6-13-30-40-28(7-2)31(32(43)39-21-25-16-11-12-17-27(25)34(35,36)37)41(30)22-26-19-18-24(23-14-9-8-10-15-23)20-29(26)46(44,45)42(38)33(3,4)5/h8-12,14-20H,6-7,13,21-22H2,1-5H3,(H,39,43). The average Bonchev–Trinajstić information content (AvgIpc) is 3.36. The number of sulfonamides is 1. The molecule has 0 saturated carbocycles. The van der Waals surface area contributed by atoms with E-state index in [9.17, 15) is 26.4 Å². The van der Waals surface area contributed by atoms with Gasteiger partial charge in [0.05, 0.1) is 28.2 Å². The Morgan fingerprint density at radius 3 is 2.17 bits per heavy atom. The van der Waals surface area contributed by atoms with Crippen LogP contribution in [0.3, 0.4) is 0 Å². The van der Waals surface area contributed by atoms with E-state index in [1.807, 2.05) is 25.1 Å². The molecule has 0 aliphatic heterocycles. The fourth-order valence-electron chi connectivity index (χ4n) is 5.20. The lowest BCUT2D eigenvalue weighted by Gasteiger charge is -2.27. The molecular weight excluding hydrogens is 620 g/mol. The predicted molar refractivity (Wildman–Crippen MR) is 169 cm³/mol.